The number of rotatable bonds is 10. The van der Waals surface area contributed by atoms with Crippen molar-refractivity contribution in [3.05, 3.63) is 67.0 Å². The van der Waals surface area contributed by atoms with Gasteiger partial charge in [-0.15, -0.1) is 0 Å². The van der Waals surface area contributed by atoms with Crippen molar-refractivity contribution in [2.75, 3.05) is 57.2 Å². The molecule has 9 nitrogen and oxygen atoms in total. The van der Waals surface area contributed by atoms with Crippen LogP contribution in [0.25, 0.3) is 10.9 Å². The molecule has 36 heavy (non-hydrogen) atoms. The van der Waals surface area contributed by atoms with E-state index in [4.69, 9.17) is 14.2 Å². The molecule has 0 bridgehead atoms. The third-order valence-electron chi connectivity index (χ3n) is 5.92. The summed E-state index contributed by atoms with van der Waals surface area (Å²) >= 11 is 0. The summed E-state index contributed by atoms with van der Waals surface area (Å²) in [7, 11) is 1.65. The van der Waals surface area contributed by atoms with Gasteiger partial charge in [0.05, 0.1) is 44.3 Å². The van der Waals surface area contributed by atoms with Gasteiger partial charge < -0.3 is 24.8 Å². The highest BCUT2D eigenvalue weighted by Gasteiger charge is 2.09. The Morgan fingerprint density at radius 2 is 1.75 bits per heavy atom. The maximum Gasteiger partial charge on any atom is 0.229 e. The molecule has 0 unspecified atom stereocenters. The minimum atomic E-state index is 0.498. The molecule has 1 aliphatic heterocycles. The molecule has 0 radical (unpaired) electrons. The molecule has 5 rings (SSSR count). The number of ether oxygens (including phenoxy) is 3. The lowest BCUT2D eigenvalue weighted by molar-refractivity contribution is 0.0358. The predicted molar refractivity (Wildman–Crippen MR) is 141 cm³/mol. The van der Waals surface area contributed by atoms with Gasteiger partial charge in [0.1, 0.15) is 17.3 Å². The first-order valence-corrected chi connectivity index (χ1v) is 12.1. The van der Waals surface area contributed by atoms with E-state index in [1.807, 2.05) is 54.6 Å². The van der Waals surface area contributed by atoms with Crippen LogP contribution in [0.1, 0.15) is 6.42 Å². The first-order valence-electron chi connectivity index (χ1n) is 12.1. The van der Waals surface area contributed by atoms with E-state index < -0.39 is 0 Å². The van der Waals surface area contributed by atoms with Gasteiger partial charge in [-0.2, -0.15) is 4.98 Å². The molecule has 0 aliphatic carbocycles. The number of morpholine rings is 1. The van der Waals surface area contributed by atoms with E-state index in [2.05, 4.69) is 30.5 Å². The molecule has 2 aromatic carbocycles. The summed E-state index contributed by atoms with van der Waals surface area (Å²) in [6.07, 6.45) is 4.48. The number of aromatic nitrogens is 3. The Labute approximate surface area is 210 Å². The Kier molecular flexibility index (Phi) is 7.70. The maximum atomic E-state index is 5.89. The van der Waals surface area contributed by atoms with Gasteiger partial charge >= 0.3 is 0 Å². The zero-order valence-corrected chi connectivity index (χ0v) is 20.3. The van der Waals surface area contributed by atoms with Gasteiger partial charge in [0, 0.05) is 43.0 Å². The molecule has 2 N–H and O–H groups in total. The molecule has 0 amide bonds. The summed E-state index contributed by atoms with van der Waals surface area (Å²) in [4.78, 5) is 15.8. The van der Waals surface area contributed by atoms with Crippen molar-refractivity contribution >= 4 is 34.0 Å². The van der Waals surface area contributed by atoms with E-state index in [0.29, 0.717) is 18.4 Å². The van der Waals surface area contributed by atoms with E-state index in [0.717, 1.165) is 73.0 Å². The zero-order chi connectivity index (χ0) is 24.6. The maximum absolute atomic E-state index is 5.89. The number of pyridine rings is 1. The highest BCUT2D eigenvalue weighted by atomic mass is 16.5. The van der Waals surface area contributed by atoms with Gasteiger partial charge in [0.25, 0.3) is 0 Å². The van der Waals surface area contributed by atoms with Crippen molar-refractivity contribution in [2.45, 2.75) is 6.42 Å². The topological polar surface area (TPSA) is 93.7 Å². The van der Waals surface area contributed by atoms with Gasteiger partial charge in [0.15, 0.2) is 0 Å². The third kappa shape index (κ3) is 6.38. The zero-order valence-electron chi connectivity index (χ0n) is 20.3. The Balaban J connectivity index is 1.14. The van der Waals surface area contributed by atoms with E-state index in [9.17, 15) is 0 Å². The van der Waals surface area contributed by atoms with E-state index in [-0.39, 0.29) is 0 Å². The number of nitrogens with one attached hydrogen (secondary N) is 2. The lowest BCUT2D eigenvalue weighted by Crippen LogP contribution is -2.37. The molecule has 186 valence electrons. The lowest BCUT2D eigenvalue weighted by atomic mass is 10.2. The fourth-order valence-corrected chi connectivity index (χ4v) is 4.00. The average molecular weight is 487 g/mol. The van der Waals surface area contributed by atoms with Crippen LogP contribution in [0.5, 0.6) is 11.5 Å². The summed E-state index contributed by atoms with van der Waals surface area (Å²) < 4.78 is 16.5. The van der Waals surface area contributed by atoms with Crippen LogP contribution in [0.3, 0.4) is 0 Å². The lowest BCUT2D eigenvalue weighted by Gasteiger charge is -2.26. The normalized spacial score (nSPS) is 13.9. The molecule has 2 aromatic heterocycles. The highest BCUT2D eigenvalue weighted by molar-refractivity contribution is 5.83. The summed E-state index contributed by atoms with van der Waals surface area (Å²) in [5, 5.41) is 7.55. The summed E-state index contributed by atoms with van der Waals surface area (Å²) in [5.74, 6) is 2.80. The molecule has 1 saturated heterocycles. The van der Waals surface area contributed by atoms with Crippen molar-refractivity contribution in [3.8, 4) is 11.5 Å². The summed E-state index contributed by atoms with van der Waals surface area (Å²) in [5.41, 5.74) is 2.59. The Bertz CT molecular complexity index is 1280. The molecule has 0 saturated carbocycles. The first kappa shape index (κ1) is 23.8. The van der Waals surface area contributed by atoms with Crippen molar-refractivity contribution < 1.29 is 14.2 Å². The first-order chi connectivity index (χ1) is 17.7. The molecular weight excluding hydrogens is 456 g/mol. The molecule has 9 heteroatoms. The number of nitrogens with zero attached hydrogens (tertiary/aromatic N) is 4. The number of anilines is 4. The van der Waals surface area contributed by atoms with Crippen molar-refractivity contribution in [3.63, 3.8) is 0 Å². The second-order valence-corrected chi connectivity index (χ2v) is 8.48. The molecule has 4 aromatic rings. The second kappa shape index (κ2) is 11.7. The van der Waals surface area contributed by atoms with Crippen LogP contribution in [-0.4, -0.2) is 66.4 Å². The fourth-order valence-electron chi connectivity index (χ4n) is 4.00. The van der Waals surface area contributed by atoms with Crippen molar-refractivity contribution in [1.82, 2.24) is 19.9 Å². The minimum Gasteiger partial charge on any atom is -0.497 e. The van der Waals surface area contributed by atoms with Crippen LogP contribution in [0.15, 0.2) is 67.0 Å². The van der Waals surface area contributed by atoms with Crippen molar-refractivity contribution in [1.29, 1.82) is 0 Å². The fraction of sp³-hybridized carbons (Fsp3) is 0.296. The van der Waals surface area contributed by atoms with Gasteiger partial charge in [-0.1, -0.05) is 0 Å². The number of methoxy groups -OCH3 is 1. The van der Waals surface area contributed by atoms with Gasteiger partial charge in [-0.05, 0) is 55.0 Å². The quantitative estimate of drug-likeness (QED) is 0.311. The molecule has 0 atom stereocenters. The smallest absolute Gasteiger partial charge is 0.229 e. The highest BCUT2D eigenvalue weighted by Crippen LogP contribution is 2.24. The number of fused-ring (bicyclic) bond motifs is 1. The van der Waals surface area contributed by atoms with E-state index in [1.165, 1.54) is 0 Å². The monoisotopic (exact) mass is 486 g/mol. The average Bonchev–Trinajstić information content (AvgIpc) is 2.92. The second-order valence-electron chi connectivity index (χ2n) is 8.48. The van der Waals surface area contributed by atoms with Crippen LogP contribution in [0.2, 0.25) is 0 Å². The standard InChI is InChI=1S/C27H30N6O3/c1-34-24-6-3-20-17-22(19-29-25(20)18-24)30-26-9-10-28-27(32-26)31-21-4-7-23(8-5-21)36-14-2-11-33-12-15-35-16-13-33/h3-10,17-19H,2,11-16H2,1H3,(H2,28,30,31,32). The minimum absolute atomic E-state index is 0.498. The van der Waals surface area contributed by atoms with Crippen molar-refractivity contribution in [2.24, 2.45) is 0 Å². The van der Waals surface area contributed by atoms with Crippen LogP contribution >= 0.6 is 0 Å². The molecule has 1 aliphatic rings. The van der Waals surface area contributed by atoms with Crippen LogP contribution in [-0.2, 0) is 4.74 Å². The molecule has 0 spiro atoms. The van der Waals surface area contributed by atoms with E-state index >= 15 is 0 Å². The van der Waals surface area contributed by atoms with Crippen LogP contribution in [0, 0.1) is 0 Å². The third-order valence-corrected chi connectivity index (χ3v) is 5.92. The van der Waals surface area contributed by atoms with E-state index in [1.54, 1.807) is 19.5 Å². The SMILES string of the molecule is COc1ccc2cc(Nc3ccnc(Nc4ccc(OCCCN5CCOCC5)cc4)n3)cnc2c1. The molecular formula is C27H30N6O3. The largest absolute Gasteiger partial charge is 0.497 e. The summed E-state index contributed by atoms with van der Waals surface area (Å²) in [6, 6.07) is 17.5. The van der Waals surface area contributed by atoms with Gasteiger partial charge in [-0.3, -0.25) is 9.88 Å². The summed E-state index contributed by atoms with van der Waals surface area (Å²) in [6.45, 7) is 5.40. The molecule has 3 heterocycles. The predicted octanol–water partition coefficient (Wildman–Crippen LogP) is 4.62. The Hall–Kier alpha value is -3.95. The number of hydrogen-bond acceptors (Lipinski definition) is 9. The number of hydrogen-bond donors (Lipinski definition) is 2. The van der Waals surface area contributed by atoms with Gasteiger partial charge in [0.2, 0.25) is 5.95 Å². The Morgan fingerprint density at radius 3 is 2.58 bits per heavy atom. The van der Waals surface area contributed by atoms with Crippen LogP contribution in [0.4, 0.5) is 23.1 Å². The Morgan fingerprint density at radius 1 is 0.917 bits per heavy atom. The van der Waals surface area contributed by atoms with Gasteiger partial charge in [-0.25, -0.2) is 4.98 Å². The molecule has 1 fully saturated rings. The van der Waals surface area contributed by atoms with Crippen LogP contribution < -0.4 is 20.1 Å². The number of benzene rings is 2.